The van der Waals surface area contributed by atoms with Crippen molar-refractivity contribution in [3.63, 3.8) is 0 Å². The minimum atomic E-state index is -0.597. The molecule has 0 saturated carbocycles. The summed E-state index contributed by atoms with van der Waals surface area (Å²) in [7, 11) is 0. The van der Waals surface area contributed by atoms with E-state index in [1.165, 1.54) is 11.0 Å². The van der Waals surface area contributed by atoms with Crippen molar-refractivity contribution in [3.05, 3.63) is 29.6 Å². The lowest BCUT2D eigenvalue weighted by Crippen LogP contribution is -2.44. The first kappa shape index (κ1) is 23.3. The number of anilines is 1. The van der Waals surface area contributed by atoms with E-state index in [0.717, 1.165) is 19.3 Å². The molecular weight excluding hydrogens is 405 g/mol. The molecule has 2 atom stereocenters. The van der Waals surface area contributed by atoms with Crippen LogP contribution in [0.3, 0.4) is 0 Å². The van der Waals surface area contributed by atoms with Crippen LogP contribution in [-0.4, -0.2) is 66.2 Å². The molecule has 1 unspecified atom stereocenters. The number of benzene rings is 1. The number of carbonyl (C=O) groups excluding carboxylic acids is 2. The highest BCUT2D eigenvalue weighted by Crippen LogP contribution is 2.24. The van der Waals surface area contributed by atoms with E-state index in [4.69, 9.17) is 14.6 Å². The van der Waals surface area contributed by atoms with Crippen LogP contribution in [0.2, 0.25) is 0 Å². The van der Waals surface area contributed by atoms with Gasteiger partial charge in [0.25, 0.3) is 0 Å². The lowest BCUT2D eigenvalue weighted by Gasteiger charge is -2.28. The quantitative estimate of drug-likeness (QED) is 0.736. The first-order chi connectivity index (χ1) is 14.7. The Morgan fingerprint density at radius 2 is 2.10 bits per heavy atom. The molecule has 2 aliphatic heterocycles. The minimum absolute atomic E-state index is 0.0352. The Balaban J connectivity index is 1.58. The summed E-state index contributed by atoms with van der Waals surface area (Å²) in [5, 5.41) is 12.5. The van der Waals surface area contributed by atoms with Crippen LogP contribution >= 0.6 is 0 Å². The fourth-order valence-corrected chi connectivity index (χ4v) is 3.73. The molecule has 0 aromatic heterocycles. The molecular formula is C22H32FN3O5. The Morgan fingerprint density at radius 3 is 2.74 bits per heavy atom. The number of hydrogen-bond donors (Lipinski definition) is 2. The van der Waals surface area contributed by atoms with Crippen molar-refractivity contribution < 1.29 is 28.6 Å². The summed E-state index contributed by atoms with van der Waals surface area (Å²) in [6.07, 6.45) is 1.25. The number of nitrogens with one attached hydrogen (secondary N) is 1. The first-order valence-corrected chi connectivity index (χ1v) is 10.7. The average Bonchev–Trinajstić information content (AvgIpc) is 2.91. The van der Waals surface area contributed by atoms with Gasteiger partial charge in [0.15, 0.2) is 0 Å². The van der Waals surface area contributed by atoms with E-state index in [-0.39, 0.29) is 25.3 Å². The molecule has 0 bridgehead atoms. The van der Waals surface area contributed by atoms with E-state index < -0.39 is 23.6 Å². The smallest absolute Gasteiger partial charge is 0.414 e. The second-order valence-corrected chi connectivity index (χ2v) is 9.07. The van der Waals surface area contributed by atoms with Crippen molar-refractivity contribution in [2.45, 2.75) is 64.3 Å². The van der Waals surface area contributed by atoms with Crippen molar-refractivity contribution in [1.29, 1.82) is 0 Å². The number of aliphatic hydroxyl groups is 1. The number of aliphatic hydroxyl groups excluding tert-OH is 1. The van der Waals surface area contributed by atoms with Crippen LogP contribution in [0.5, 0.6) is 0 Å². The Bertz CT molecular complexity index is 798. The van der Waals surface area contributed by atoms with Crippen LogP contribution in [0.25, 0.3) is 0 Å². The summed E-state index contributed by atoms with van der Waals surface area (Å²) in [6.45, 7) is 6.92. The predicted molar refractivity (Wildman–Crippen MR) is 113 cm³/mol. The lowest BCUT2D eigenvalue weighted by molar-refractivity contribution is 0.0243. The maximum Gasteiger partial charge on any atom is 0.414 e. The van der Waals surface area contributed by atoms with Gasteiger partial charge < -0.3 is 24.8 Å². The molecule has 0 radical (unpaired) electrons. The van der Waals surface area contributed by atoms with Gasteiger partial charge in [0.1, 0.15) is 17.5 Å². The summed E-state index contributed by atoms with van der Waals surface area (Å²) in [5.41, 5.74) is 0.326. The number of rotatable bonds is 5. The second-order valence-electron chi connectivity index (χ2n) is 9.07. The van der Waals surface area contributed by atoms with Gasteiger partial charge in [0.05, 0.1) is 18.8 Å². The van der Waals surface area contributed by atoms with Gasteiger partial charge in [-0.15, -0.1) is 0 Å². The Labute approximate surface area is 182 Å². The zero-order valence-corrected chi connectivity index (χ0v) is 18.4. The van der Waals surface area contributed by atoms with Crippen molar-refractivity contribution in [2.75, 3.05) is 31.1 Å². The molecule has 2 amide bonds. The van der Waals surface area contributed by atoms with Gasteiger partial charge in [-0.25, -0.2) is 14.0 Å². The van der Waals surface area contributed by atoms with Crippen LogP contribution in [-0.2, 0) is 16.0 Å². The van der Waals surface area contributed by atoms with Crippen molar-refractivity contribution in [2.24, 2.45) is 0 Å². The largest absolute Gasteiger partial charge is 0.444 e. The van der Waals surface area contributed by atoms with Crippen LogP contribution in [0.1, 0.15) is 45.6 Å². The Morgan fingerprint density at radius 1 is 1.32 bits per heavy atom. The maximum atomic E-state index is 14.7. The normalized spacial score (nSPS) is 22.3. The highest BCUT2D eigenvalue weighted by molar-refractivity contribution is 5.89. The number of nitrogens with zero attached hydrogens (tertiary/aromatic N) is 2. The number of halogens is 1. The summed E-state index contributed by atoms with van der Waals surface area (Å²) >= 11 is 0. The summed E-state index contributed by atoms with van der Waals surface area (Å²) in [5.74, 6) is -0.428. The van der Waals surface area contributed by atoms with Crippen LogP contribution < -0.4 is 10.2 Å². The molecule has 1 aromatic rings. The Kier molecular flexibility index (Phi) is 7.38. The van der Waals surface area contributed by atoms with Gasteiger partial charge in [-0.05, 0) is 45.7 Å². The van der Waals surface area contributed by atoms with Gasteiger partial charge >= 0.3 is 12.2 Å². The maximum absolute atomic E-state index is 14.7. The molecule has 9 heteroatoms. The zero-order chi connectivity index (χ0) is 22.6. The summed E-state index contributed by atoms with van der Waals surface area (Å²) in [6, 6.07) is 4.65. The van der Waals surface area contributed by atoms with Crippen molar-refractivity contribution in [1.82, 2.24) is 10.2 Å². The van der Waals surface area contributed by atoms with E-state index in [1.54, 1.807) is 17.0 Å². The molecule has 2 aliphatic rings. The van der Waals surface area contributed by atoms with Crippen molar-refractivity contribution >= 4 is 17.9 Å². The molecule has 2 saturated heterocycles. The van der Waals surface area contributed by atoms with E-state index in [9.17, 15) is 14.0 Å². The SMILES string of the molecule is CC(C)(C)OC(=O)N1CCCCC(NCc2ccc(N3C[C@H](CO)OC3=O)cc2F)C1. The van der Waals surface area contributed by atoms with E-state index in [0.29, 0.717) is 30.9 Å². The Hall–Kier alpha value is -2.39. The van der Waals surface area contributed by atoms with Gasteiger partial charge in [-0.3, -0.25) is 4.90 Å². The molecule has 0 spiro atoms. The zero-order valence-electron chi connectivity index (χ0n) is 18.4. The molecule has 2 N–H and O–H groups in total. The third-order valence-corrected chi connectivity index (χ3v) is 5.33. The molecule has 0 aliphatic carbocycles. The number of cyclic esters (lactones) is 1. The number of amides is 2. The number of carbonyl (C=O) groups is 2. The van der Waals surface area contributed by atoms with E-state index in [1.807, 2.05) is 20.8 Å². The molecule has 172 valence electrons. The molecule has 31 heavy (non-hydrogen) atoms. The fraction of sp³-hybridized carbons (Fsp3) is 0.636. The molecule has 2 fully saturated rings. The van der Waals surface area contributed by atoms with Crippen LogP contribution in [0.4, 0.5) is 19.7 Å². The number of ether oxygens (including phenoxy) is 2. The average molecular weight is 438 g/mol. The van der Waals surface area contributed by atoms with Crippen molar-refractivity contribution in [3.8, 4) is 0 Å². The van der Waals surface area contributed by atoms with Gasteiger partial charge in [-0.1, -0.05) is 12.5 Å². The van der Waals surface area contributed by atoms with E-state index in [2.05, 4.69) is 5.32 Å². The highest BCUT2D eigenvalue weighted by atomic mass is 19.1. The van der Waals surface area contributed by atoms with Gasteiger partial charge in [0, 0.05) is 31.2 Å². The van der Waals surface area contributed by atoms with Crippen LogP contribution in [0.15, 0.2) is 18.2 Å². The molecule has 3 rings (SSSR count). The molecule has 1 aromatic carbocycles. The second kappa shape index (κ2) is 9.82. The monoisotopic (exact) mass is 437 g/mol. The third kappa shape index (κ3) is 6.30. The number of likely N-dealkylation sites (tertiary alicyclic amines) is 1. The molecule has 8 nitrogen and oxygen atoms in total. The molecule has 2 heterocycles. The van der Waals surface area contributed by atoms with Gasteiger partial charge in [0.2, 0.25) is 0 Å². The third-order valence-electron chi connectivity index (χ3n) is 5.33. The number of hydrogen-bond acceptors (Lipinski definition) is 6. The standard InChI is InChI=1S/C22H32FN3O5/c1-22(2,3)31-20(28)25-9-5-4-6-16(12-25)24-11-15-7-8-17(10-19(15)23)26-13-18(14-27)30-21(26)29/h7-8,10,16,18,24,27H,4-6,9,11-14H2,1-3H3/t16?,18-/m1/s1. The summed E-state index contributed by atoms with van der Waals surface area (Å²) < 4.78 is 25.2. The van der Waals surface area contributed by atoms with E-state index >= 15 is 0 Å². The lowest BCUT2D eigenvalue weighted by atomic mass is 10.1. The first-order valence-electron chi connectivity index (χ1n) is 10.7. The minimum Gasteiger partial charge on any atom is -0.444 e. The highest BCUT2D eigenvalue weighted by Gasteiger charge is 2.32. The summed E-state index contributed by atoms with van der Waals surface area (Å²) in [4.78, 5) is 27.4. The fourth-order valence-electron chi connectivity index (χ4n) is 3.73. The topological polar surface area (TPSA) is 91.3 Å². The van der Waals surface area contributed by atoms with Crippen LogP contribution in [0, 0.1) is 5.82 Å². The predicted octanol–water partition coefficient (Wildman–Crippen LogP) is 3.02. The van der Waals surface area contributed by atoms with Gasteiger partial charge in [-0.2, -0.15) is 0 Å².